The Bertz CT molecular complexity index is 1570. The zero-order valence-electron chi connectivity index (χ0n) is 23.2. The van der Waals surface area contributed by atoms with E-state index in [9.17, 15) is 14.4 Å². The molecule has 0 aliphatic carbocycles. The average Bonchev–Trinajstić information content (AvgIpc) is 3.40. The minimum atomic E-state index is -1.30. The van der Waals surface area contributed by atoms with Crippen molar-refractivity contribution in [3.05, 3.63) is 100 Å². The number of hydrogen-bond donors (Lipinski definition) is 1. The van der Waals surface area contributed by atoms with Crippen LogP contribution in [0.4, 0.5) is 11.4 Å². The molecule has 1 fully saturated rings. The summed E-state index contributed by atoms with van der Waals surface area (Å²) in [6.45, 7) is 7.75. The van der Waals surface area contributed by atoms with Crippen LogP contribution in [0.2, 0.25) is 5.02 Å². The molecule has 3 aliphatic rings. The van der Waals surface area contributed by atoms with Crippen molar-refractivity contribution in [1.29, 1.82) is 0 Å². The number of para-hydroxylation sites is 1. The third-order valence-corrected chi connectivity index (χ3v) is 8.90. The molecule has 5 nitrogen and oxygen atoms in total. The van der Waals surface area contributed by atoms with Crippen LogP contribution in [0.1, 0.15) is 61.2 Å². The molecule has 3 heterocycles. The summed E-state index contributed by atoms with van der Waals surface area (Å²) in [5.74, 6) is -1.48. The van der Waals surface area contributed by atoms with Crippen LogP contribution in [0.3, 0.4) is 0 Å². The van der Waals surface area contributed by atoms with E-state index < -0.39 is 28.8 Å². The molecule has 1 N–H and O–H groups in total. The average molecular weight is 553 g/mol. The molecule has 0 bridgehead atoms. The molecule has 1 spiro atoms. The number of fused-ring (bicyclic) bond motifs is 6. The predicted molar refractivity (Wildman–Crippen MR) is 160 cm³/mol. The minimum absolute atomic E-state index is 0.0799. The lowest BCUT2D eigenvalue weighted by atomic mass is 9.63. The van der Waals surface area contributed by atoms with Gasteiger partial charge in [-0.2, -0.15) is 0 Å². The molecule has 1 amide bonds. The van der Waals surface area contributed by atoms with Crippen molar-refractivity contribution in [2.24, 2.45) is 11.3 Å². The van der Waals surface area contributed by atoms with Gasteiger partial charge in [0.2, 0.25) is 5.91 Å². The zero-order valence-corrected chi connectivity index (χ0v) is 24.0. The molecule has 204 valence electrons. The maximum Gasteiger partial charge on any atom is 0.238 e. The van der Waals surface area contributed by atoms with Crippen molar-refractivity contribution in [3.8, 4) is 0 Å². The number of nitrogens with one attached hydrogen (secondary N) is 1. The third kappa shape index (κ3) is 3.78. The molecule has 0 aromatic heterocycles. The molecule has 40 heavy (non-hydrogen) atoms. The fourth-order valence-electron chi connectivity index (χ4n) is 6.90. The van der Waals surface area contributed by atoms with Crippen molar-refractivity contribution < 1.29 is 14.4 Å². The summed E-state index contributed by atoms with van der Waals surface area (Å²) < 4.78 is 0. The van der Waals surface area contributed by atoms with Crippen LogP contribution in [-0.4, -0.2) is 29.6 Å². The van der Waals surface area contributed by atoms with Crippen LogP contribution in [0.15, 0.2) is 72.8 Å². The molecule has 6 heteroatoms. The van der Waals surface area contributed by atoms with E-state index in [0.717, 1.165) is 35.2 Å². The van der Waals surface area contributed by atoms with E-state index in [1.165, 1.54) is 0 Å². The summed E-state index contributed by atoms with van der Waals surface area (Å²) in [6.07, 6.45) is 5.86. The lowest BCUT2D eigenvalue weighted by molar-refractivity contribution is -0.128. The van der Waals surface area contributed by atoms with Gasteiger partial charge in [0.05, 0.1) is 12.0 Å². The SMILES string of the molecule is CCCc1ccc(C(=O)[C@@H]2[C@H](C(=O)C(C)(C)C)N3c4ccc(Cl)cc4C=C[C@H]3[C@@]23C(=O)Nc2ccccc23)cc1. The van der Waals surface area contributed by atoms with Crippen molar-refractivity contribution >= 4 is 46.5 Å². The van der Waals surface area contributed by atoms with Crippen LogP contribution < -0.4 is 10.2 Å². The van der Waals surface area contributed by atoms with E-state index in [0.29, 0.717) is 16.3 Å². The first-order valence-corrected chi connectivity index (χ1v) is 14.3. The second-order valence-electron chi connectivity index (χ2n) is 12.1. The largest absolute Gasteiger partial charge is 0.352 e. The summed E-state index contributed by atoms with van der Waals surface area (Å²) in [6, 6.07) is 19.4. The number of aryl methyl sites for hydroxylation is 1. The highest BCUT2D eigenvalue weighted by Crippen LogP contribution is 2.58. The zero-order chi connectivity index (χ0) is 28.4. The Hall–Kier alpha value is -3.70. The van der Waals surface area contributed by atoms with Gasteiger partial charge in [-0.25, -0.2) is 0 Å². The number of hydrogen-bond acceptors (Lipinski definition) is 4. The van der Waals surface area contributed by atoms with Gasteiger partial charge >= 0.3 is 0 Å². The van der Waals surface area contributed by atoms with Gasteiger partial charge in [-0.15, -0.1) is 0 Å². The molecule has 0 unspecified atom stereocenters. The van der Waals surface area contributed by atoms with E-state index >= 15 is 0 Å². The van der Waals surface area contributed by atoms with Gasteiger partial charge in [-0.3, -0.25) is 14.4 Å². The molecule has 3 aliphatic heterocycles. The Morgan fingerprint density at radius 3 is 2.45 bits per heavy atom. The van der Waals surface area contributed by atoms with Gasteiger partial charge < -0.3 is 10.2 Å². The van der Waals surface area contributed by atoms with Gasteiger partial charge in [0.25, 0.3) is 0 Å². The molecule has 3 aromatic rings. The van der Waals surface area contributed by atoms with E-state index in [1.807, 2.05) is 98.5 Å². The lowest BCUT2D eigenvalue weighted by Crippen LogP contribution is -2.51. The molecular formula is C34H33ClN2O3. The van der Waals surface area contributed by atoms with Crippen molar-refractivity contribution in [2.45, 2.75) is 58.0 Å². The first kappa shape index (κ1) is 26.5. The van der Waals surface area contributed by atoms with Crippen LogP contribution in [-0.2, 0) is 21.4 Å². The number of carbonyl (C=O) groups excluding carboxylic acids is 3. The second kappa shape index (κ2) is 9.45. The maximum absolute atomic E-state index is 14.8. The highest BCUT2D eigenvalue weighted by Gasteiger charge is 2.70. The Morgan fingerprint density at radius 1 is 1.02 bits per heavy atom. The molecule has 0 radical (unpaired) electrons. The number of amides is 1. The monoisotopic (exact) mass is 552 g/mol. The molecule has 0 saturated carbocycles. The Balaban J connectivity index is 1.64. The van der Waals surface area contributed by atoms with Gasteiger partial charge in [0.15, 0.2) is 11.6 Å². The quantitative estimate of drug-likeness (QED) is 0.350. The Morgan fingerprint density at radius 2 is 1.75 bits per heavy atom. The van der Waals surface area contributed by atoms with Crippen molar-refractivity contribution in [3.63, 3.8) is 0 Å². The van der Waals surface area contributed by atoms with Gasteiger partial charge in [-0.1, -0.05) is 100 Å². The third-order valence-electron chi connectivity index (χ3n) is 8.66. The summed E-state index contributed by atoms with van der Waals surface area (Å²) in [4.78, 5) is 45.6. The lowest BCUT2D eigenvalue weighted by Gasteiger charge is -2.38. The van der Waals surface area contributed by atoms with Crippen LogP contribution in [0, 0.1) is 11.3 Å². The van der Waals surface area contributed by atoms with Gasteiger partial charge in [0, 0.05) is 27.4 Å². The number of nitrogens with zero attached hydrogens (tertiary/aromatic N) is 1. The molecule has 6 rings (SSSR count). The van der Waals surface area contributed by atoms with Crippen molar-refractivity contribution in [2.75, 3.05) is 10.2 Å². The van der Waals surface area contributed by atoms with Crippen LogP contribution in [0.5, 0.6) is 0 Å². The Kier molecular flexibility index (Phi) is 6.26. The van der Waals surface area contributed by atoms with E-state index in [-0.39, 0.29) is 17.5 Å². The smallest absolute Gasteiger partial charge is 0.238 e. The summed E-state index contributed by atoms with van der Waals surface area (Å²) >= 11 is 6.36. The number of halogens is 1. The second-order valence-corrected chi connectivity index (χ2v) is 12.6. The Labute approximate surface area is 240 Å². The van der Waals surface area contributed by atoms with E-state index in [2.05, 4.69) is 12.2 Å². The highest BCUT2D eigenvalue weighted by atomic mass is 35.5. The maximum atomic E-state index is 14.8. The molecule has 4 atom stereocenters. The summed E-state index contributed by atoms with van der Waals surface area (Å²) in [7, 11) is 0. The van der Waals surface area contributed by atoms with E-state index in [4.69, 9.17) is 11.6 Å². The molecule has 1 saturated heterocycles. The fourth-order valence-corrected chi connectivity index (χ4v) is 7.08. The molecule has 3 aromatic carbocycles. The number of Topliss-reactive ketones (excluding diaryl/α,β-unsaturated/α-hetero) is 2. The number of carbonyl (C=O) groups is 3. The number of rotatable bonds is 5. The predicted octanol–water partition coefficient (Wildman–Crippen LogP) is 6.88. The number of ketones is 2. The standard InChI is InChI=1S/C34H33ClN2O3/c1-5-8-20-11-13-21(14-12-20)30(38)28-29(31(39)33(2,3)4)37-26-17-16-23(35)19-22(26)15-18-27(37)34(28)24-9-6-7-10-25(24)36-32(34)40/h6-7,9-19,27-29H,5,8H2,1-4H3,(H,36,40)/t27-,28-,29+,34+/m0/s1. The van der Waals surface area contributed by atoms with Crippen molar-refractivity contribution in [1.82, 2.24) is 0 Å². The fraction of sp³-hybridized carbons (Fsp3) is 0.324. The first-order valence-electron chi connectivity index (χ1n) is 13.9. The molecular weight excluding hydrogens is 520 g/mol. The first-order chi connectivity index (χ1) is 19.1. The number of anilines is 2. The highest BCUT2D eigenvalue weighted by molar-refractivity contribution is 6.31. The van der Waals surface area contributed by atoms with Gasteiger partial charge in [0.1, 0.15) is 11.5 Å². The summed E-state index contributed by atoms with van der Waals surface area (Å²) in [5, 5.41) is 3.65. The number of benzene rings is 3. The van der Waals surface area contributed by atoms with Gasteiger partial charge in [-0.05, 0) is 47.4 Å². The van der Waals surface area contributed by atoms with Crippen LogP contribution in [0.25, 0.3) is 6.08 Å². The minimum Gasteiger partial charge on any atom is -0.352 e. The summed E-state index contributed by atoms with van der Waals surface area (Å²) in [5.41, 5.74) is 2.69. The topological polar surface area (TPSA) is 66.5 Å². The normalized spacial score (nSPS) is 24.5. The van der Waals surface area contributed by atoms with E-state index in [1.54, 1.807) is 6.07 Å². The van der Waals surface area contributed by atoms with Crippen LogP contribution >= 0.6 is 11.6 Å².